The van der Waals surface area contributed by atoms with Gasteiger partial charge in [0, 0.05) is 24.8 Å². The second-order valence-electron chi connectivity index (χ2n) is 8.41. The number of nitrogens with one attached hydrogen (secondary N) is 1. The Hall–Kier alpha value is -2.95. The summed E-state index contributed by atoms with van der Waals surface area (Å²) in [5, 5.41) is 12.9. The highest BCUT2D eigenvalue weighted by molar-refractivity contribution is 7.98. The number of nitrogen functional groups attached to an aromatic ring is 1. The SMILES string of the molecule is CC1CCN(c2nnc(SCc3nc(N)nc(Nc4ccc(F)cc4)n3)n2C2CC2)CC1. The van der Waals surface area contributed by atoms with E-state index in [1.54, 1.807) is 23.9 Å². The van der Waals surface area contributed by atoms with Gasteiger partial charge in [-0.15, -0.1) is 10.2 Å². The lowest BCUT2D eigenvalue weighted by Gasteiger charge is -2.31. The highest BCUT2D eigenvalue weighted by Gasteiger charge is 2.32. The third kappa shape index (κ3) is 4.77. The molecule has 3 heterocycles. The van der Waals surface area contributed by atoms with Crippen molar-refractivity contribution in [1.82, 2.24) is 29.7 Å². The fraction of sp³-hybridized carbons (Fsp3) is 0.476. The normalized spacial score (nSPS) is 17.0. The maximum Gasteiger partial charge on any atom is 0.232 e. The second-order valence-corrected chi connectivity index (χ2v) is 9.35. The predicted octanol–water partition coefficient (Wildman–Crippen LogP) is 3.79. The molecular weight excluding hydrogens is 429 g/mol. The minimum atomic E-state index is -0.305. The van der Waals surface area contributed by atoms with Crippen LogP contribution < -0.4 is 16.0 Å². The summed E-state index contributed by atoms with van der Waals surface area (Å²) in [5.41, 5.74) is 6.57. The molecule has 0 amide bonds. The summed E-state index contributed by atoms with van der Waals surface area (Å²) in [6, 6.07) is 6.44. The van der Waals surface area contributed by atoms with Crippen LogP contribution in [0.3, 0.4) is 0 Å². The number of benzene rings is 1. The maximum atomic E-state index is 13.1. The van der Waals surface area contributed by atoms with E-state index in [2.05, 4.69) is 46.9 Å². The standard InChI is InChI=1S/C21H26FN9S/c1-13-8-10-30(11-9-13)20-28-29-21(31(20)16-6-7-16)32-12-17-25-18(23)27-19(26-17)24-15-4-2-14(22)3-5-15/h2-5,13,16H,6-12H2,1H3,(H3,23,24,25,26,27). The molecule has 0 radical (unpaired) electrons. The van der Waals surface area contributed by atoms with Crippen LogP contribution >= 0.6 is 11.8 Å². The molecule has 1 aliphatic carbocycles. The minimum Gasteiger partial charge on any atom is -0.368 e. The van der Waals surface area contributed by atoms with Crippen molar-refractivity contribution in [2.24, 2.45) is 5.92 Å². The molecule has 2 fully saturated rings. The van der Waals surface area contributed by atoms with Crippen molar-refractivity contribution in [2.75, 3.05) is 29.0 Å². The third-order valence-corrected chi connectivity index (χ3v) is 6.69. The van der Waals surface area contributed by atoms with Gasteiger partial charge in [-0.1, -0.05) is 18.7 Å². The molecule has 5 rings (SSSR count). The zero-order valence-corrected chi connectivity index (χ0v) is 18.7. The molecule has 0 unspecified atom stereocenters. The van der Waals surface area contributed by atoms with Crippen LogP contribution in [0.2, 0.25) is 0 Å². The van der Waals surface area contributed by atoms with Crippen molar-refractivity contribution >= 4 is 35.3 Å². The first-order chi connectivity index (χ1) is 15.5. The Morgan fingerprint density at radius 1 is 1.06 bits per heavy atom. The molecule has 1 saturated carbocycles. The molecule has 168 valence electrons. The Kier molecular flexibility index (Phi) is 5.81. The quantitative estimate of drug-likeness (QED) is 0.514. The van der Waals surface area contributed by atoms with E-state index < -0.39 is 0 Å². The first kappa shape index (κ1) is 20.9. The number of thioether (sulfide) groups is 1. The maximum absolute atomic E-state index is 13.1. The van der Waals surface area contributed by atoms with Gasteiger partial charge in [-0.3, -0.25) is 4.57 Å². The third-order valence-electron chi connectivity index (χ3n) is 5.75. The molecule has 9 nitrogen and oxygen atoms in total. The van der Waals surface area contributed by atoms with Gasteiger partial charge in [0.1, 0.15) is 11.6 Å². The Bertz CT molecular complexity index is 1080. The van der Waals surface area contributed by atoms with Gasteiger partial charge in [-0.25, -0.2) is 4.39 Å². The van der Waals surface area contributed by atoms with Gasteiger partial charge in [0.25, 0.3) is 0 Å². The smallest absolute Gasteiger partial charge is 0.232 e. The van der Waals surface area contributed by atoms with Crippen molar-refractivity contribution in [3.05, 3.63) is 35.9 Å². The number of hydrogen-bond donors (Lipinski definition) is 2. The first-order valence-corrected chi connectivity index (χ1v) is 11.9. The van der Waals surface area contributed by atoms with E-state index in [-0.39, 0.29) is 11.8 Å². The van der Waals surface area contributed by atoms with Crippen LogP contribution in [0.1, 0.15) is 44.5 Å². The van der Waals surface area contributed by atoms with Gasteiger partial charge < -0.3 is 16.0 Å². The fourth-order valence-corrected chi connectivity index (χ4v) is 4.65. The summed E-state index contributed by atoms with van der Waals surface area (Å²) in [7, 11) is 0. The van der Waals surface area contributed by atoms with Crippen LogP contribution in [-0.4, -0.2) is 42.8 Å². The van der Waals surface area contributed by atoms with Crippen molar-refractivity contribution in [1.29, 1.82) is 0 Å². The Balaban J connectivity index is 1.30. The average Bonchev–Trinajstić information content (AvgIpc) is 3.53. The highest BCUT2D eigenvalue weighted by atomic mass is 32.2. The number of hydrogen-bond acceptors (Lipinski definition) is 9. The van der Waals surface area contributed by atoms with Gasteiger partial charge in [0.05, 0.1) is 5.75 Å². The van der Waals surface area contributed by atoms with Crippen molar-refractivity contribution in [3.8, 4) is 0 Å². The van der Waals surface area contributed by atoms with Gasteiger partial charge in [0.15, 0.2) is 5.16 Å². The van der Waals surface area contributed by atoms with Crippen LogP contribution in [0.25, 0.3) is 0 Å². The average molecular weight is 456 g/mol. The number of rotatable bonds is 7. The second kappa shape index (κ2) is 8.89. The summed E-state index contributed by atoms with van der Waals surface area (Å²) in [6.45, 7) is 4.36. The molecule has 2 aromatic heterocycles. The van der Waals surface area contributed by atoms with Gasteiger partial charge in [-0.2, -0.15) is 15.0 Å². The lowest BCUT2D eigenvalue weighted by atomic mass is 10.00. The fourth-order valence-electron chi connectivity index (χ4n) is 3.79. The molecule has 1 aromatic carbocycles. The Labute approximate surface area is 190 Å². The molecule has 3 N–H and O–H groups in total. The van der Waals surface area contributed by atoms with Crippen LogP contribution in [-0.2, 0) is 5.75 Å². The molecule has 0 spiro atoms. The summed E-state index contributed by atoms with van der Waals surface area (Å²) in [6.07, 6.45) is 4.70. The lowest BCUT2D eigenvalue weighted by molar-refractivity contribution is 0.429. The van der Waals surface area contributed by atoms with Crippen molar-refractivity contribution in [3.63, 3.8) is 0 Å². The number of nitrogens with zero attached hydrogens (tertiary/aromatic N) is 7. The summed E-state index contributed by atoms with van der Waals surface area (Å²) in [4.78, 5) is 15.2. The number of nitrogens with two attached hydrogens (primary N) is 1. The topological polar surface area (TPSA) is 111 Å². The Morgan fingerprint density at radius 3 is 2.53 bits per heavy atom. The van der Waals surface area contributed by atoms with E-state index in [9.17, 15) is 4.39 Å². The molecule has 0 atom stereocenters. The zero-order chi connectivity index (χ0) is 22.1. The van der Waals surface area contributed by atoms with E-state index in [1.807, 2.05) is 0 Å². The minimum absolute atomic E-state index is 0.131. The molecule has 11 heteroatoms. The molecule has 1 aliphatic heterocycles. The van der Waals surface area contributed by atoms with Gasteiger partial charge >= 0.3 is 0 Å². The molecule has 3 aromatic rings. The molecule has 1 saturated heterocycles. The lowest BCUT2D eigenvalue weighted by Crippen LogP contribution is -2.34. The number of aromatic nitrogens is 6. The van der Waals surface area contributed by atoms with Crippen LogP contribution in [0.4, 0.5) is 27.9 Å². The first-order valence-electron chi connectivity index (χ1n) is 10.9. The number of halogens is 1. The van der Waals surface area contributed by atoms with Crippen molar-refractivity contribution in [2.45, 2.75) is 49.6 Å². The highest BCUT2D eigenvalue weighted by Crippen LogP contribution is 2.41. The Morgan fingerprint density at radius 2 is 1.81 bits per heavy atom. The summed E-state index contributed by atoms with van der Waals surface area (Å²) in [5.74, 6) is 2.94. The molecular formula is C21H26FN9S. The van der Waals surface area contributed by atoms with Crippen LogP contribution in [0.15, 0.2) is 29.4 Å². The summed E-state index contributed by atoms with van der Waals surface area (Å²) < 4.78 is 15.4. The van der Waals surface area contributed by atoms with Gasteiger partial charge in [0.2, 0.25) is 17.8 Å². The number of anilines is 4. The predicted molar refractivity (Wildman–Crippen MR) is 122 cm³/mol. The monoisotopic (exact) mass is 455 g/mol. The van der Waals surface area contributed by atoms with E-state index in [4.69, 9.17) is 5.73 Å². The van der Waals surface area contributed by atoms with Crippen LogP contribution in [0.5, 0.6) is 0 Å². The number of piperidine rings is 1. The molecule has 0 bridgehead atoms. The molecule has 2 aliphatic rings. The van der Waals surface area contributed by atoms with Crippen molar-refractivity contribution < 1.29 is 4.39 Å². The largest absolute Gasteiger partial charge is 0.368 e. The van der Waals surface area contributed by atoms with E-state index in [0.29, 0.717) is 29.3 Å². The van der Waals surface area contributed by atoms with Gasteiger partial charge in [-0.05, 0) is 55.9 Å². The van der Waals surface area contributed by atoms with E-state index >= 15 is 0 Å². The van der Waals surface area contributed by atoms with E-state index in [0.717, 1.165) is 43.0 Å². The summed E-state index contributed by atoms with van der Waals surface area (Å²) >= 11 is 1.56. The van der Waals surface area contributed by atoms with E-state index in [1.165, 1.54) is 25.0 Å². The van der Waals surface area contributed by atoms with Crippen LogP contribution in [0, 0.1) is 11.7 Å². The molecule has 32 heavy (non-hydrogen) atoms. The zero-order valence-electron chi connectivity index (χ0n) is 17.9.